The van der Waals surface area contributed by atoms with Crippen LogP contribution >= 0.6 is 0 Å². The molecule has 1 heterocycles. The smallest absolute Gasteiger partial charge is 0.123 e. The van der Waals surface area contributed by atoms with Crippen LogP contribution in [0.25, 0.3) is 0 Å². The molecule has 1 N–H and O–H groups in total. The average Bonchev–Trinajstić information content (AvgIpc) is 2.82. The minimum absolute atomic E-state index is 0.676. The molecule has 4 nitrogen and oxygen atoms in total. The van der Waals surface area contributed by atoms with Gasteiger partial charge in [0.05, 0.1) is 6.54 Å². The minimum atomic E-state index is 0.676. The zero-order valence-electron chi connectivity index (χ0n) is 12.3. The number of nitrogens with one attached hydrogen (secondary N) is 1. The van der Waals surface area contributed by atoms with Gasteiger partial charge in [0, 0.05) is 18.3 Å². The average molecular weight is 274 g/mol. The van der Waals surface area contributed by atoms with Crippen LogP contribution in [0, 0.1) is 6.92 Å². The summed E-state index contributed by atoms with van der Waals surface area (Å²) in [5.74, 6) is 2.75. The molecule has 0 aliphatic rings. The number of rotatable bonds is 7. The van der Waals surface area contributed by atoms with E-state index < -0.39 is 0 Å². The molecule has 20 heavy (non-hydrogen) atoms. The van der Waals surface area contributed by atoms with E-state index in [4.69, 9.17) is 9.15 Å². The number of hydrogen-bond acceptors (Lipinski definition) is 4. The molecule has 1 aromatic heterocycles. The number of nitrogens with zero attached hydrogens (tertiary/aromatic N) is 1. The second kappa shape index (κ2) is 7.01. The Kier molecular flexibility index (Phi) is 5.07. The summed E-state index contributed by atoms with van der Waals surface area (Å²) in [7, 11) is 4.07. The van der Waals surface area contributed by atoms with E-state index in [-0.39, 0.29) is 0 Å². The van der Waals surface area contributed by atoms with Gasteiger partial charge < -0.3 is 19.4 Å². The van der Waals surface area contributed by atoms with Crippen molar-refractivity contribution in [2.75, 3.05) is 32.6 Å². The highest BCUT2D eigenvalue weighted by Crippen LogP contribution is 2.18. The Labute approximate surface area is 120 Å². The molecule has 0 radical (unpaired) electrons. The Morgan fingerprint density at radius 3 is 2.75 bits per heavy atom. The lowest BCUT2D eigenvalue weighted by Crippen LogP contribution is -2.19. The number of anilines is 1. The van der Waals surface area contributed by atoms with E-state index in [9.17, 15) is 0 Å². The quantitative estimate of drug-likeness (QED) is 0.841. The number of likely N-dealkylation sites (N-methyl/N-ethyl adjacent to an activating group) is 1. The molecule has 0 amide bonds. The van der Waals surface area contributed by atoms with Crippen molar-refractivity contribution in [3.05, 3.63) is 47.9 Å². The van der Waals surface area contributed by atoms with Crippen molar-refractivity contribution in [1.29, 1.82) is 0 Å². The van der Waals surface area contributed by atoms with Crippen molar-refractivity contribution < 1.29 is 9.15 Å². The first-order valence-corrected chi connectivity index (χ1v) is 6.80. The number of benzene rings is 1. The van der Waals surface area contributed by atoms with Gasteiger partial charge in [0.1, 0.15) is 23.9 Å². The first-order valence-electron chi connectivity index (χ1n) is 6.80. The maximum absolute atomic E-state index is 5.71. The van der Waals surface area contributed by atoms with Crippen molar-refractivity contribution in [3.8, 4) is 5.75 Å². The van der Waals surface area contributed by atoms with E-state index in [0.29, 0.717) is 13.2 Å². The van der Waals surface area contributed by atoms with E-state index in [1.807, 2.05) is 57.4 Å². The highest BCUT2D eigenvalue weighted by atomic mass is 16.5. The van der Waals surface area contributed by atoms with Crippen molar-refractivity contribution in [1.82, 2.24) is 4.90 Å². The predicted octanol–water partition coefficient (Wildman–Crippen LogP) is 3.14. The van der Waals surface area contributed by atoms with Crippen LogP contribution < -0.4 is 10.1 Å². The second-order valence-corrected chi connectivity index (χ2v) is 5.05. The largest absolute Gasteiger partial charge is 0.492 e. The predicted molar refractivity (Wildman–Crippen MR) is 81.3 cm³/mol. The van der Waals surface area contributed by atoms with Gasteiger partial charge in [0.2, 0.25) is 0 Å². The molecule has 0 aliphatic carbocycles. The van der Waals surface area contributed by atoms with Crippen molar-refractivity contribution in [2.45, 2.75) is 13.5 Å². The van der Waals surface area contributed by atoms with Gasteiger partial charge in [-0.3, -0.25) is 0 Å². The van der Waals surface area contributed by atoms with Crippen LogP contribution in [0.15, 0.2) is 40.8 Å². The summed E-state index contributed by atoms with van der Waals surface area (Å²) in [6, 6.07) is 11.9. The molecule has 0 unspecified atom stereocenters. The maximum atomic E-state index is 5.71. The fraction of sp³-hybridized carbons (Fsp3) is 0.375. The van der Waals surface area contributed by atoms with Gasteiger partial charge in [-0.2, -0.15) is 0 Å². The lowest BCUT2D eigenvalue weighted by molar-refractivity contribution is 0.261. The number of hydrogen-bond donors (Lipinski definition) is 1. The first-order chi connectivity index (χ1) is 9.63. The number of furan rings is 1. The molecule has 2 rings (SSSR count). The molecule has 2 aromatic rings. The molecule has 0 saturated heterocycles. The Hall–Kier alpha value is -1.94. The molecule has 4 heteroatoms. The van der Waals surface area contributed by atoms with Crippen LogP contribution in [0.2, 0.25) is 0 Å². The summed E-state index contributed by atoms with van der Waals surface area (Å²) in [4.78, 5) is 2.10. The van der Waals surface area contributed by atoms with Gasteiger partial charge in [-0.1, -0.05) is 6.07 Å². The zero-order valence-corrected chi connectivity index (χ0v) is 12.3. The van der Waals surface area contributed by atoms with Crippen molar-refractivity contribution >= 4 is 5.69 Å². The third-order valence-corrected chi connectivity index (χ3v) is 2.90. The highest BCUT2D eigenvalue weighted by Gasteiger charge is 2.00. The number of ether oxygens (including phenoxy) is 1. The number of aryl methyl sites for hydroxylation is 1. The lowest BCUT2D eigenvalue weighted by Gasteiger charge is -2.12. The fourth-order valence-electron chi connectivity index (χ4n) is 1.81. The van der Waals surface area contributed by atoms with E-state index in [0.717, 1.165) is 29.5 Å². The standard InChI is InChI=1S/C16H22N2O2/c1-13-7-8-16(20-13)12-17-14-5-4-6-15(11-14)19-10-9-18(2)3/h4-8,11,17H,9-10,12H2,1-3H3. The van der Waals surface area contributed by atoms with Crippen LogP contribution in [0.1, 0.15) is 11.5 Å². The van der Waals surface area contributed by atoms with Crippen LogP contribution in [-0.4, -0.2) is 32.1 Å². The molecule has 108 valence electrons. The van der Waals surface area contributed by atoms with Gasteiger partial charge in [0.15, 0.2) is 0 Å². The fourth-order valence-corrected chi connectivity index (χ4v) is 1.81. The van der Waals surface area contributed by atoms with Crippen LogP contribution in [0.5, 0.6) is 5.75 Å². The van der Waals surface area contributed by atoms with E-state index in [2.05, 4.69) is 10.2 Å². The summed E-state index contributed by atoms with van der Waals surface area (Å²) < 4.78 is 11.2. The molecule has 0 aliphatic heterocycles. The van der Waals surface area contributed by atoms with Crippen LogP contribution in [0.4, 0.5) is 5.69 Å². The summed E-state index contributed by atoms with van der Waals surface area (Å²) in [6.45, 7) is 4.22. The Bertz CT molecular complexity index is 535. The summed E-state index contributed by atoms with van der Waals surface area (Å²) in [5, 5.41) is 3.33. The van der Waals surface area contributed by atoms with E-state index >= 15 is 0 Å². The summed E-state index contributed by atoms with van der Waals surface area (Å²) in [5.41, 5.74) is 1.03. The Balaban J connectivity index is 1.85. The first kappa shape index (κ1) is 14.5. The third kappa shape index (κ3) is 4.63. The summed E-state index contributed by atoms with van der Waals surface area (Å²) in [6.07, 6.45) is 0. The van der Waals surface area contributed by atoms with Gasteiger partial charge in [-0.05, 0) is 45.3 Å². The maximum Gasteiger partial charge on any atom is 0.123 e. The molecule has 0 bridgehead atoms. The third-order valence-electron chi connectivity index (χ3n) is 2.90. The van der Waals surface area contributed by atoms with Gasteiger partial charge in [-0.15, -0.1) is 0 Å². The highest BCUT2D eigenvalue weighted by molar-refractivity contribution is 5.48. The van der Waals surface area contributed by atoms with Gasteiger partial charge in [0.25, 0.3) is 0 Å². The monoisotopic (exact) mass is 274 g/mol. The summed E-state index contributed by atoms with van der Waals surface area (Å²) >= 11 is 0. The molecule has 0 atom stereocenters. The Morgan fingerprint density at radius 1 is 1.20 bits per heavy atom. The normalized spacial score (nSPS) is 10.8. The van der Waals surface area contributed by atoms with Gasteiger partial charge >= 0.3 is 0 Å². The van der Waals surface area contributed by atoms with Crippen molar-refractivity contribution in [3.63, 3.8) is 0 Å². The molecule has 0 saturated carbocycles. The SMILES string of the molecule is Cc1ccc(CNc2cccc(OCCN(C)C)c2)o1. The Morgan fingerprint density at radius 2 is 2.05 bits per heavy atom. The zero-order chi connectivity index (χ0) is 14.4. The molecule has 0 fully saturated rings. The lowest BCUT2D eigenvalue weighted by atomic mass is 10.3. The van der Waals surface area contributed by atoms with Crippen LogP contribution in [0.3, 0.4) is 0 Å². The topological polar surface area (TPSA) is 37.6 Å². The molecular formula is C16H22N2O2. The minimum Gasteiger partial charge on any atom is -0.492 e. The molecule has 0 spiro atoms. The van der Waals surface area contributed by atoms with E-state index in [1.54, 1.807) is 0 Å². The second-order valence-electron chi connectivity index (χ2n) is 5.05. The van der Waals surface area contributed by atoms with Gasteiger partial charge in [-0.25, -0.2) is 0 Å². The van der Waals surface area contributed by atoms with Crippen LogP contribution in [-0.2, 0) is 6.54 Å². The molecule has 1 aromatic carbocycles. The van der Waals surface area contributed by atoms with E-state index in [1.165, 1.54) is 0 Å². The molecular weight excluding hydrogens is 252 g/mol. The van der Waals surface area contributed by atoms with Crippen molar-refractivity contribution in [2.24, 2.45) is 0 Å².